The van der Waals surface area contributed by atoms with Crippen molar-refractivity contribution in [3.8, 4) is 0 Å². The number of carbonyl (C=O) groups is 2. The van der Waals surface area contributed by atoms with Gasteiger partial charge in [-0.1, -0.05) is 30.3 Å². The molecule has 1 amide bonds. The van der Waals surface area contributed by atoms with E-state index in [0.717, 1.165) is 24.8 Å². The van der Waals surface area contributed by atoms with Gasteiger partial charge in [0.05, 0.1) is 0 Å². The fourth-order valence-electron chi connectivity index (χ4n) is 3.19. The Bertz CT molecular complexity index is 545. The van der Waals surface area contributed by atoms with Gasteiger partial charge in [-0.2, -0.15) is 0 Å². The summed E-state index contributed by atoms with van der Waals surface area (Å²) in [5.41, 5.74) is 0.637. The molecule has 0 radical (unpaired) electrons. The van der Waals surface area contributed by atoms with Gasteiger partial charge in [0.15, 0.2) is 0 Å². The number of rotatable bonds is 2. The van der Waals surface area contributed by atoms with E-state index in [1.54, 1.807) is 4.90 Å². The highest BCUT2D eigenvalue weighted by molar-refractivity contribution is 5.72. The summed E-state index contributed by atoms with van der Waals surface area (Å²) in [7, 11) is 0. The van der Waals surface area contributed by atoms with E-state index in [4.69, 9.17) is 9.47 Å². The third kappa shape index (κ3) is 3.40. The van der Waals surface area contributed by atoms with Gasteiger partial charge in [-0.3, -0.25) is 4.79 Å². The average Bonchev–Trinajstić information content (AvgIpc) is 2.77. The van der Waals surface area contributed by atoms with Gasteiger partial charge >= 0.3 is 12.1 Å². The molecule has 0 saturated carbocycles. The lowest BCUT2D eigenvalue weighted by molar-refractivity contribution is -0.149. The van der Waals surface area contributed by atoms with Crippen LogP contribution in [0.3, 0.4) is 0 Å². The molecule has 1 atom stereocenters. The van der Waals surface area contributed by atoms with E-state index < -0.39 is 0 Å². The number of amides is 1. The van der Waals surface area contributed by atoms with Gasteiger partial charge in [0, 0.05) is 25.9 Å². The highest BCUT2D eigenvalue weighted by Crippen LogP contribution is 2.36. The average molecular weight is 303 g/mol. The molecule has 0 N–H and O–H groups in total. The Balaban J connectivity index is 1.52. The number of hydrogen-bond acceptors (Lipinski definition) is 4. The van der Waals surface area contributed by atoms with Gasteiger partial charge in [-0.15, -0.1) is 0 Å². The normalized spacial score (nSPS) is 24.9. The predicted octanol–water partition coefficient (Wildman–Crippen LogP) is 2.88. The Labute approximate surface area is 130 Å². The second kappa shape index (κ2) is 6.38. The summed E-state index contributed by atoms with van der Waals surface area (Å²) >= 11 is 0. The molecule has 2 aliphatic heterocycles. The van der Waals surface area contributed by atoms with Gasteiger partial charge in [-0.05, 0) is 24.8 Å². The first-order valence-corrected chi connectivity index (χ1v) is 7.84. The summed E-state index contributed by atoms with van der Waals surface area (Å²) in [6.45, 7) is 1.53. The molecule has 2 fully saturated rings. The molecule has 1 aromatic carbocycles. The lowest BCUT2D eigenvalue weighted by Gasteiger charge is -2.26. The maximum atomic E-state index is 12.2. The molecule has 2 aliphatic rings. The van der Waals surface area contributed by atoms with Crippen molar-refractivity contribution in [1.29, 1.82) is 0 Å². The van der Waals surface area contributed by atoms with Crippen molar-refractivity contribution in [2.45, 2.75) is 44.3 Å². The van der Waals surface area contributed by atoms with E-state index in [9.17, 15) is 9.59 Å². The summed E-state index contributed by atoms with van der Waals surface area (Å²) in [5.74, 6) is -0.111. The number of ether oxygens (including phenoxy) is 2. The number of nitrogens with zero attached hydrogens (tertiary/aromatic N) is 1. The minimum absolute atomic E-state index is 0.111. The van der Waals surface area contributed by atoms with Crippen molar-refractivity contribution in [2.75, 3.05) is 13.1 Å². The van der Waals surface area contributed by atoms with E-state index in [-0.39, 0.29) is 24.3 Å². The molecular weight excluding hydrogens is 282 g/mol. The second-order valence-corrected chi connectivity index (χ2v) is 6.04. The van der Waals surface area contributed by atoms with Crippen LogP contribution < -0.4 is 0 Å². The molecule has 0 aromatic heterocycles. The quantitative estimate of drug-likeness (QED) is 0.788. The molecule has 5 heteroatoms. The van der Waals surface area contributed by atoms with Crippen LogP contribution in [0.1, 0.15) is 37.7 Å². The Morgan fingerprint density at radius 1 is 1.18 bits per heavy atom. The molecule has 5 nitrogen and oxygen atoms in total. The zero-order valence-electron chi connectivity index (χ0n) is 12.6. The van der Waals surface area contributed by atoms with Crippen molar-refractivity contribution in [3.05, 3.63) is 35.9 Å². The third-order valence-corrected chi connectivity index (χ3v) is 4.48. The van der Waals surface area contributed by atoms with Crippen molar-refractivity contribution in [1.82, 2.24) is 4.90 Å². The molecular formula is C17H21NO4. The summed E-state index contributed by atoms with van der Waals surface area (Å²) in [6, 6.07) is 9.65. The predicted molar refractivity (Wildman–Crippen MR) is 80.1 cm³/mol. The van der Waals surface area contributed by atoms with E-state index in [0.29, 0.717) is 25.9 Å². The van der Waals surface area contributed by atoms with Crippen molar-refractivity contribution < 1.29 is 19.1 Å². The van der Waals surface area contributed by atoms with Crippen LogP contribution in [0, 0.1) is 0 Å². The number of esters is 1. The highest BCUT2D eigenvalue weighted by Gasteiger charge is 2.41. The minimum Gasteiger partial charge on any atom is -0.459 e. The largest absolute Gasteiger partial charge is 0.459 e. The Kier molecular flexibility index (Phi) is 4.32. The van der Waals surface area contributed by atoms with Crippen molar-refractivity contribution in [2.24, 2.45) is 0 Å². The molecule has 2 heterocycles. The molecule has 1 aromatic rings. The van der Waals surface area contributed by atoms with E-state index in [1.165, 1.54) is 0 Å². The standard InChI is InChI=1S/C17H21NO4/c19-15-7-9-17(22-15)8-4-11-18(12-10-17)16(20)21-13-14-5-2-1-3-6-14/h1-3,5-6H,4,7-13H2. The van der Waals surface area contributed by atoms with Gasteiger partial charge in [-0.25, -0.2) is 4.79 Å². The fourth-order valence-corrected chi connectivity index (χ4v) is 3.19. The fraction of sp³-hybridized carbons (Fsp3) is 0.529. The maximum absolute atomic E-state index is 12.2. The van der Waals surface area contributed by atoms with E-state index in [1.807, 2.05) is 30.3 Å². The van der Waals surface area contributed by atoms with Crippen molar-refractivity contribution in [3.63, 3.8) is 0 Å². The van der Waals surface area contributed by atoms with Crippen LogP contribution in [0.15, 0.2) is 30.3 Å². The van der Waals surface area contributed by atoms with Crippen LogP contribution in [0.4, 0.5) is 4.79 Å². The Hall–Kier alpha value is -2.04. The number of carbonyl (C=O) groups excluding carboxylic acids is 2. The smallest absolute Gasteiger partial charge is 0.410 e. The summed E-state index contributed by atoms with van der Waals surface area (Å²) in [4.78, 5) is 25.3. The van der Waals surface area contributed by atoms with Crippen LogP contribution in [-0.4, -0.2) is 35.7 Å². The lowest BCUT2D eigenvalue weighted by atomic mass is 9.92. The maximum Gasteiger partial charge on any atom is 0.410 e. The van der Waals surface area contributed by atoms with Crippen LogP contribution in [0.5, 0.6) is 0 Å². The van der Waals surface area contributed by atoms with Crippen LogP contribution in [-0.2, 0) is 20.9 Å². The first-order chi connectivity index (χ1) is 10.7. The van der Waals surface area contributed by atoms with Crippen LogP contribution >= 0.6 is 0 Å². The first-order valence-electron chi connectivity index (χ1n) is 7.84. The Morgan fingerprint density at radius 2 is 2.00 bits per heavy atom. The molecule has 3 rings (SSSR count). The monoisotopic (exact) mass is 303 g/mol. The SMILES string of the molecule is O=C1CCC2(CCCN(C(=O)OCc3ccccc3)CC2)O1. The summed E-state index contributed by atoms with van der Waals surface area (Å²) in [5, 5.41) is 0. The molecule has 0 aliphatic carbocycles. The van der Waals surface area contributed by atoms with Crippen LogP contribution in [0.2, 0.25) is 0 Å². The number of likely N-dealkylation sites (tertiary alicyclic amines) is 1. The first kappa shape index (κ1) is 14.9. The lowest BCUT2D eigenvalue weighted by Crippen LogP contribution is -2.34. The van der Waals surface area contributed by atoms with Gasteiger partial charge in [0.1, 0.15) is 12.2 Å². The molecule has 22 heavy (non-hydrogen) atoms. The van der Waals surface area contributed by atoms with Crippen molar-refractivity contribution >= 4 is 12.1 Å². The van der Waals surface area contributed by atoms with E-state index >= 15 is 0 Å². The summed E-state index contributed by atoms with van der Waals surface area (Å²) in [6.07, 6.45) is 3.37. The third-order valence-electron chi connectivity index (χ3n) is 4.48. The van der Waals surface area contributed by atoms with Gasteiger partial charge in [0.25, 0.3) is 0 Å². The summed E-state index contributed by atoms with van der Waals surface area (Å²) < 4.78 is 10.9. The molecule has 118 valence electrons. The molecule has 2 saturated heterocycles. The second-order valence-electron chi connectivity index (χ2n) is 6.04. The molecule has 1 spiro atoms. The zero-order valence-corrected chi connectivity index (χ0v) is 12.6. The minimum atomic E-state index is -0.342. The van der Waals surface area contributed by atoms with Gasteiger partial charge < -0.3 is 14.4 Å². The zero-order chi connectivity index (χ0) is 15.4. The topological polar surface area (TPSA) is 55.8 Å². The molecule has 0 bridgehead atoms. The van der Waals surface area contributed by atoms with Crippen LogP contribution in [0.25, 0.3) is 0 Å². The van der Waals surface area contributed by atoms with Gasteiger partial charge in [0.2, 0.25) is 0 Å². The highest BCUT2D eigenvalue weighted by atomic mass is 16.6. The molecule has 1 unspecified atom stereocenters. The Morgan fingerprint density at radius 3 is 2.73 bits per heavy atom. The van der Waals surface area contributed by atoms with E-state index in [2.05, 4.69) is 0 Å². The number of hydrogen-bond donors (Lipinski definition) is 0. The number of benzene rings is 1.